The second-order valence-corrected chi connectivity index (χ2v) is 10.7. The molecule has 56 heavy (non-hydrogen) atoms. The van der Waals surface area contributed by atoms with Gasteiger partial charge in [0.2, 0.25) is 0 Å². The van der Waals surface area contributed by atoms with Crippen LogP contribution in [0.2, 0.25) is 0 Å². The molecule has 0 aromatic heterocycles. The fourth-order valence-electron chi connectivity index (χ4n) is 2.65. The molecule has 28 heteroatoms. The third kappa shape index (κ3) is 27.1. The highest BCUT2D eigenvalue weighted by Crippen LogP contribution is 2.04. The molecule has 0 radical (unpaired) electrons. The number of aldehydes is 2. The van der Waals surface area contributed by atoms with E-state index in [0.29, 0.717) is 0 Å². The molecular formula is C28H56O28. The lowest BCUT2D eigenvalue weighted by molar-refractivity contribution is -0.143. The van der Waals surface area contributed by atoms with Gasteiger partial charge in [0, 0.05) is 0 Å². The predicted octanol–water partition coefficient (Wildman–Crippen LogP) is -15.6. The van der Waals surface area contributed by atoms with Crippen LogP contribution in [-0.2, 0) is 24.0 Å². The lowest BCUT2D eigenvalue weighted by Gasteiger charge is -2.22. The molecule has 0 bridgehead atoms. The van der Waals surface area contributed by atoms with Gasteiger partial charge in [-0.15, -0.1) is 0 Å². The number of carbonyl (C=O) groups excluding carboxylic acids is 5. The minimum absolute atomic E-state index is 0.0258. The Bertz CT molecular complexity index is 971. The van der Waals surface area contributed by atoms with E-state index < -0.39 is 162 Å². The fraction of sp³-hybridized carbons (Fsp3) is 0.821. The van der Waals surface area contributed by atoms with Crippen molar-refractivity contribution in [3.8, 4) is 0 Å². The van der Waals surface area contributed by atoms with Crippen LogP contribution < -0.4 is 0 Å². The van der Waals surface area contributed by atoms with Crippen molar-refractivity contribution in [1.29, 1.82) is 0 Å². The van der Waals surface area contributed by atoms with Gasteiger partial charge < -0.3 is 127 Å². The smallest absolute Gasteiger partial charge is 0.189 e. The summed E-state index contributed by atoms with van der Waals surface area (Å²) in [6.45, 7) is -6.36. The normalized spacial score (nSPS) is 18.8. The zero-order valence-corrected chi connectivity index (χ0v) is 29.3. The minimum Gasteiger partial charge on any atom is -0.394 e. The molecule has 0 spiro atoms. The van der Waals surface area contributed by atoms with E-state index in [1.54, 1.807) is 0 Å². The first-order valence-electron chi connectivity index (χ1n) is 15.5. The number of carbonyl (C=O) groups is 5. The molecule has 23 N–H and O–H groups in total. The van der Waals surface area contributed by atoms with E-state index in [9.17, 15) is 24.0 Å². The summed E-state index contributed by atoms with van der Waals surface area (Å²) in [5.41, 5.74) is 0. The maximum absolute atomic E-state index is 10.5. The SMILES string of the molecule is O=C(CO)[C@@H](O)[C@@H](O)CO.O=C(CO)[C@@H](O)[C@@H](O)[C@@H](O)CO.O=C(CO)[C@@H](O)[C@H](O)[C@@H](O)CO.O=C[C@@H](O)[C@@H](O)[C@@H](O)CO.O=C[C@@H](O)[C@@H](O)[C@H](O)[C@@H](O)CO. The van der Waals surface area contributed by atoms with Crippen molar-refractivity contribution in [3.63, 3.8) is 0 Å². The Hall–Kier alpha value is -2.57. The third-order valence-corrected chi connectivity index (χ3v) is 6.31. The first-order valence-corrected chi connectivity index (χ1v) is 15.5. The van der Waals surface area contributed by atoms with Crippen molar-refractivity contribution in [2.45, 2.75) is 91.6 Å². The molecule has 0 fully saturated rings. The zero-order valence-electron chi connectivity index (χ0n) is 29.3. The molecule has 0 saturated heterocycles. The van der Waals surface area contributed by atoms with Crippen molar-refractivity contribution in [2.24, 2.45) is 0 Å². The van der Waals surface area contributed by atoms with Crippen molar-refractivity contribution in [2.75, 3.05) is 52.9 Å². The van der Waals surface area contributed by atoms with Crippen molar-refractivity contribution >= 4 is 29.9 Å². The standard InChI is InChI=1S/3C6H12O6.2C5H10O5/c3*7-1-3(9)5(11)6(12)4(10)2-8;2*6-1-3(8)5(10)4(9)2-7/h2*3,5-9,11-12H,1-2H2;1,3-6,8-12H,2H2;3,5-8,10H,1-2H2;1,3-5,7-10H,2H2/t3-,5+,6+;3-,5-,6+;3-,4+,5-,6-;3-,5-;3-,4+,5-/m00101/s1. The highest BCUT2D eigenvalue weighted by atomic mass is 16.4. The Morgan fingerprint density at radius 2 is 0.554 bits per heavy atom. The van der Waals surface area contributed by atoms with Gasteiger partial charge in [-0.05, 0) is 0 Å². The molecule has 0 amide bonds. The van der Waals surface area contributed by atoms with Crippen molar-refractivity contribution < 1.29 is 141 Å². The molecule has 15 atom stereocenters. The Morgan fingerprint density at radius 3 is 0.804 bits per heavy atom. The summed E-state index contributed by atoms with van der Waals surface area (Å²) in [7, 11) is 0. The summed E-state index contributed by atoms with van der Waals surface area (Å²) in [6, 6.07) is 0. The van der Waals surface area contributed by atoms with E-state index in [1.807, 2.05) is 0 Å². The molecule has 0 rings (SSSR count). The molecule has 0 heterocycles. The Labute approximate surface area is 316 Å². The predicted molar refractivity (Wildman–Crippen MR) is 174 cm³/mol. The molecule has 0 saturated carbocycles. The van der Waals surface area contributed by atoms with Crippen molar-refractivity contribution in [3.05, 3.63) is 0 Å². The van der Waals surface area contributed by atoms with E-state index in [-0.39, 0.29) is 12.6 Å². The van der Waals surface area contributed by atoms with Gasteiger partial charge in [0.1, 0.15) is 111 Å². The highest BCUT2D eigenvalue weighted by Gasteiger charge is 2.31. The molecule has 336 valence electrons. The van der Waals surface area contributed by atoms with Gasteiger partial charge in [0.05, 0.1) is 33.0 Å². The molecule has 0 unspecified atom stereocenters. The van der Waals surface area contributed by atoms with Gasteiger partial charge >= 0.3 is 0 Å². The Morgan fingerprint density at radius 1 is 0.321 bits per heavy atom. The summed E-state index contributed by atoms with van der Waals surface area (Å²) in [6.07, 6.45) is -25.1. The van der Waals surface area contributed by atoms with Crippen LogP contribution in [0.5, 0.6) is 0 Å². The summed E-state index contributed by atoms with van der Waals surface area (Å²) < 4.78 is 0. The van der Waals surface area contributed by atoms with E-state index in [0.717, 1.165) is 0 Å². The number of aliphatic hydroxyl groups excluding tert-OH is 23. The van der Waals surface area contributed by atoms with E-state index in [1.165, 1.54) is 0 Å². The average molecular weight is 841 g/mol. The van der Waals surface area contributed by atoms with Crippen LogP contribution in [0, 0.1) is 0 Å². The fourth-order valence-corrected chi connectivity index (χ4v) is 2.65. The molecule has 0 aliphatic rings. The largest absolute Gasteiger partial charge is 0.394 e. The minimum atomic E-state index is -1.86. The van der Waals surface area contributed by atoms with Crippen LogP contribution in [0.25, 0.3) is 0 Å². The summed E-state index contributed by atoms with van der Waals surface area (Å²) in [5.74, 6) is -2.91. The maximum Gasteiger partial charge on any atom is 0.189 e. The van der Waals surface area contributed by atoms with Gasteiger partial charge in [-0.2, -0.15) is 0 Å². The summed E-state index contributed by atoms with van der Waals surface area (Å²) >= 11 is 0. The van der Waals surface area contributed by atoms with Crippen LogP contribution in [0.3, 0.4) is 0 Å². The topological polar surface area (TPSA) is 551 Å². The highest BCUT2D eigenvalue weighted by molar-refractivity contribution is 5.85. The van der Waals surface area contributed by atoms with Crippen LogP contribution >= 0.6 is 0 Å². The lowest BCUT2D eigenvalue weighted by atomic mass is 10.0. The molecule has 0 aliphatic heterocycles. The maximum atomic E-state index is 10.5. The molecule has 0 aliphatic carbocycles. The number of ketones is 3. The number of rotatable bonds is 23. The lowest BCUT2D eigenvalue weighted by Crippen LogP contribution is -2.46. The van der Waals surface area contributed by atoms with Gasteiger partial charge in [0.25, 0.3) is 0 Å². The number of hydrogen-bond acceptors (Lipinski definition) is 28. The number of aliphatic hydroxyl groups is 23. The monoisotopic (exact) mass is 840 g/mol. The Kier molecular flexibility index (Phi) is 41.1. The quantitative estimate of drug-likeness (QED) is 0.0425. The first-order chi connectivity index (χ1) is 25.9. The summed E-state index contributed by atoms with van der Waals surface area (Å²) in [4.78, 5) is 51.0. The van der Waals surface area contributed by atoms with E-state index in [2.05, 4.69) is 0 Å². The first kappa shape index (κ1) is 62.6. The molecule has 28 nitrogen and oxygen atoms in total. The molecule has 0 aromatic rings. The Balaban J connectivity index is -0.000000194. The van der Waals surface area contributed by atoms with E-state index >= 15 is 0 Å². The van der Waals surface area contributed by atoms with Gasteiger partial charge in [-0.1, -0.05) is 0 Å². The van der Waals surface area contributed by atoms with Crippen molar-refractivity contribution in [1.82, 2.24) is 0 Å². The number of Topliss-reactive ketones (excluding diaryl/α,β-unsaturated/α-hetero) is 3. The van der Waals surface area contributed by atoms with Gasteiger partial charge in [0.15, 0.2) is 29.9 Å². The van der Waals surface area contributed by atoms with Crippen LogP contribution in [0.4, 0.5) is 0 Å². The van der Waals surface area contributed by atoms with Gasteiger partial charge in [-0.3, -0.25) is 14.4 Å². The van der Waals surface area contributed by atoms with Crippen LogP contribution in [0.1, 0.15) is 0 Å². The van der Waals surface area contributed by atoms with E-state index in [4.69, 9.17) is 117 Å². The average Bonchev–Trinajstić information content (AvgIpc) is 3.24. The van der Waals surface area contributed by atoms with Gasteiger partial charge in [-0.25, -0.2) is 0 Å². The van der Waals surface area contributed by atoms with Crippen LogP contribution in [0.15, 0.2) is 0 Å². The molecular weight excluding hydrogens is 784 g/mol. The zero-order chi connectivity index (χ0) is 45.5. The van der Waals surface area contributed by atoms with Crippen LogP contribution in [-0.4, -0.2) is 292 Å². The second kappa shape index (κ2) is 36.7. The third-order valence-electron chi connectivity index (χ3n) is 6.31. The summed E-state index contributed by atoms with van der Waals surface area (Å²) in [5, 5.41) is 197. The number of hydrogen-bond donors (Lipinski definition) is 23. The molecule has 0 aromatic carbocycles. The second-order valence-electron chi connectivity index (χ2n) is 10.7.